The summed E-state index contributed by atoms with van der Waals surface area (Å²) in [6.07, 6.45) is 0. The summed E-state index contributed by atoms with van der Waals surface area (Å²) < 4.78 is 3.05. The van der Waals surface area contributed by atoms with Crippen molar-refractivity contribution in [1.29, 1.82) is 0 Å². The highest BCUT2D eigenvalue weighted by atomic mass is 35.5. The minimum atomic E-state index is -0.315. The fourth-order valence-electron chi connectivity index (χ4n) is 2.54. The maximum atomic E-state index is 12.4. The molecule has 0 saturated heterocycles. The molecule has 1 N–H and O–H groups in total. The van der Waals surface area contributed by atoms with Crippen molar-refractivity contribution in [3.63, 3.8) is 0 Å². The van der Waals surface area contributed by atoms with E-state index in [1.807, 2.05) is 48.5 Å². The maximum Gasteiger partial charge on any atom is 0.308 e. The van der Waals surface area contributed by atoms with E-state index in [1.54, 1.807) is 0 Å². The first-order valence-corrected chi connectivity index (χ1v) is 11.2. The number of nitrogens with one attached hydrogen (secondary N) is 1. The molecule has 10 heteroatoms. The van der Waals surface area contributed by atoms with Crippen molar-refractivity contribution in [2.45, 2.75) is 16.6 Å². The lowest BCUT2D eigenvalue weighted by molar-refractivity contribution is -0.116. The molecule has 1 amide bonds. The summed E-state index contributed by atoms with van der Waals surface area (Å²) in [6, 6.07) is 15.0. The van der Waals surface area contributed by atoms with Gasteiger partial charge in [0.25, 0.3) is 0 Å². The number of halogens is 1. The van der Waals surface area contributed by atoms with Crippen molar-refractivity contribution in [3.8, 4) is 0 Å². The predicted molar refractivity (Wildman–Crippen MR) is 116 cm³/mol. The molecule has 0 unspecified atom stereocenters. The molecule has 0 atom stereocenters. The van der Waals surface area contributed by atoms with Gasteiger partial charge in [0.2, 0.25) is 11.0 Å². The molecule has 0 bridgehead atoms. The van der Waals surface area contributed by atoms with Crippen molar-refractivity contribution in [1.82, 2.24) is 14.8 Å². The van der Waals surface area contributed by atoms with Crippen LogP contribution in [0, 0.1) is 0 Å². The molecule has 0 radical (unpaired) electrons. The Labute approximate surface area is 177 Å². The van der Waals surface area contributed by atoms with Gasteiger partial charge >= 0.3 is 4.87 Å². The first-order valence-electron chi connectivity index (χ1n) is 8.18. The monoisotopic (exact) mass is 448 g/mol. The molecule has 0 aliphatic heterocycles. The minimum Gasteiger partial charge on any atom is -0.299 e. The third-order valence-corrected chi connectivity index (χ3v) is 7.19. The zero-order valence-electron chi connectivity index (χ0n) is 14.3. The number of carbonyl (C=O) groups is 1. The van der Waals surface area contributed by atoms with E-state index in [4.69, 9.17) is 11.6 Å². The lowest BCUT2D eigenvalue weighted by atomic mass is 10.2. The van der Waals surface area contributed by atoms with Gasteiger partial charge in [-0.15, -0.1) is 10.2 Å². The fraction of sp³-hybridized carbons (Fsp3) is 0.111. The number of carbonyl (C=O) groups excluding carboxylic acids is 1. The van der Waals surface area contributed by atoms with E-state index < -0.39 is 0 Å². The van der Waals surface area contributed by atoms with Gasteiger partial charge in [0, 0.05) is 10.8 Å². The van der Waals surface area contributed by atoms with E-state index in [1.165, 1.54) is 27.7 Å². The van der Waals surface area contributed by atoms with Gasteiger partial charge in [0.05, 0.1) is 10.2 Å². The molecule has 28 heavy (non-hydrogen) atoms. The van der Waals surface area contributed by atoms with Crippen molar-refractivity contribution in [3.05, 3.63) is 68.8 Å². The Hall–Kier alpha value is -2.20. The maximum absolute atomic E-state index is 12.4. The largest absolute Gasteiger partial charge is 0.308 e. The molecule has 2 heterocycles. The molecule has 0 spiro atoms. The number of hydrogen-bond acceptors (Lipinski definition) is 7. The molecule has 4 rings (SSSR count). The Kier molecular flexibility index (Phi) is 5.77. The van der Waals surface area contributed by atoms with Crippen molar-refractivity contribution >= 4 is 67.3 Å². The highest BCUT2D eigenvalue weighted by molar-refractivity contribution is 8.00. The number of anilines is 1. The van der Waals surface area contributed by atoms with Crippen LogP contribution in [-0.4, -0.2) is 20.7 Å². The van der Waals surface area contributed by atoms with E-state index in [0.717, 1.165) is 31.5 Å². The number of rotatable bonds is 6. The lowest BCUT2D eigenvalue weighted by Crippen LogP contribution is -2.24. The van der Waals surface area contributed by atoms with Gasteiger partial charge < -0.3 is 0 Å². The van der Waals surface area contributed by atoms with Gasteiger partial charge in [-0.1, -0.05) is 76.4 Å². The number of benzene rings is 2. The molecule has 142 valence electrons. The molecule has 6 nitrogen and oxygen atoms in total. The van der Waals surface area contributed by atoms with Crippen molar-refractivity contribution in [2.24, 2.45) is 0 Å². The van der Waals surface area contributed by atoms with Crippen LogP contribution in [0.1, 0.15) is 5.56 Å². The second kappa shape index (κ2) is 8.44. The Balaban J connectivity index is 1.39. The van der Waals surface area contributed by atoms with Gasteiger partial charge in [-0.25, -0.2) is 0 Å². The van der Waals surface area contributed by atoms with E-state index >= 15 is 0 Å². The van der Waals surface area contributed by atoms with Crippen LogP contribution in [0.2, 0.25) is 5.02 Å². The van der Waals surface area contributed by atoms with Crippen LogP contribution in [0.5, 0.6) is 0 Å². The van der Waals surface area contributed by atoms with E-state index in [0.29, 0.717) is 15.9 Å². The number of hydrogen-bond donors (Lipinski definition) is 1. The van der Waals surface area contributed by atoms with Gasteiger partial charge in [-0.2, -0.15) is 0 Å². The Bertz CT molecular complexity index is 1200. The number of para-hydroxylation sites is 1. The summed E-state index contributed by atoms with van der Waals surface area (Å²) >= 11 is 10.1. The Morgan fingerprint density at radius 2 is 1.89 bits per heavy atom. The first kappa shape index (κ1) is 19.1. The summed E-state index contributed by atoms with van der Waals surface area (Å²) in [5, 5.41) is 11.9. The molecule has 0 saturated carbocycles. The Morgan fingerprint density at radius 3 is 2.75 bits per heavy atom. The van der Waals surface area contributed by atoms with E-state index in [9.17, 15) is 9.59 Å². The summed E-state index contributed by atoms with van der Waals surface area (Å²) in [5.74, 6) is 0.350. The van der Waals surface area contributed by atoms with Gasteiger partial charge in [0.1, 0.15) is 6.54 Å². The van der Waals surface area contributed by atoms with Crippen LogP contribution in [-0.2, 0) is 17.1 Å². The summed E-state index contributed by atoms with van der Waals surface area (Å²) in [5.41, 5.74) is 1.76. The molecule has 2 aromatic heterocycles. The second-order valence-electron chi connectivity index (χ2n) is 5.72. The standard InChI is InChI=1S/C18H13ClN4O2S3/c19-12-6-2-1-5-11(12)10-26-17-22-21-16(28-17)20-15(24)9-23-13-7-3-4-8-14(13)27-18(23)25/h1-8H,9-10H2,(H,20,21,24). The highest BCUT2D eigenvalue weighted by Crippen LogP contribution is 2.30. The first-order chi connectivity index (χ1) is 13.6. The number of amides is 1. The minimum absolute atomic E-state index is 0.0650. The average molecular weight is 449 g/mol. The summed E-state index contributed by atoms with van der Waals surface area (Å²) in [7, 11) is 0. The Morgan fingerprint density at radius 1 is 1.11 bits per heavy atom. The van der Waals surface area contributed by atoms with Crippen LogP contribution in [0.3, 0.4) is 0 Å². The SMILES string of the molecule is O=C(Cn1c(=O)sc2ccccc21)Nc1nnc(SCc2ccccc2Cl)s1. The zero-order valence-corrected chi connectivity index (χ0v) is 17.5. The van der Waals surface area contributed by atoms with Crippen molar-refractivity contribution < 1.29 is 4.79 Å². The lowest BCUT2D eigenvalue weighted by Gasteiger charge is -2.03. The van der Waals surface area contributed by atoms with Gasteiger partial charge in [0.15, 0.2) is 4.34 Å². The third-order valence-electron chi connectivity index (χ3n) is 3.84. The van der Waals surface area contributed by atoms with Crippen LogP contribution >= 0.6 is 46.0 Å². The van der Waals surface area contributed by atoms with Gasteiger partial charge in [-0.05, 0) is 23.8 Å². The fourth-order valence-corrected chi connectivity index (χ4v) is 5.48. The summed E-state index contributed by atoms with van der Waals surface area (Å²) in [4.78, 5) is 24.3. The number of thiazole rings is 1. The van der Waals surface area contributed by atoms with Crippen LogP contribution in [0.4, 0.5) is 5.13 Å². The molecular weight excluding hydrogens is 436 g/mol. The molecule has 0 aliphatic rings. The van der Waals surface area contributed by atoms with Crippen LogP contribution in [0.15, 0.2) is 57.7 Å². The second-order valence-corrected chi connectivity index (χ2v) is 9.32. The quantitative estimate of drug-likeness (QED) is 0.347. The number of thioether (sulfide) groups is 1. The molecule has 2 aromatic carbocycles. The van der Waals surface area contributed by atoms with Crippen LogP contribution < -0.4 is 10.2 Å². The van der Waals surface area contributed by atoms with Crippen molar-refractivity contribution in [2.75, 3.05) is 5.32 Å². The normalized spacial score (nSPS) is 11.0. The number of aromatic nitrogens is 3. The smallest absolute Gasteiger partial charge is 0.299 e. The van der Waals surface area contributed by atoms with Gasteiger partial charge in [-0.3, -0.25) is 19.5 Å². The topological polar surface area (TPSA) is 76.9 Å². The zero-order chi connectivity index (χ0) is 19.5. The summed E-state index contributed by atoms with van der Waals surface area (Å²) in [6.45, 7) is -0.0650. The number of nitrogens with zero attached hydrogens (tertiary/aromatic N) is 3. The molecule has 4 aromatic rings. The van der Waals surface area contributed by atoms with Crippen LogP contribution in [0.25, 0.3) is 10.2 Å². The van der Waals surface area contributed by atoms with E-state index in [2.05, 4.69) is 15.5 Å². The molecule has 0 aliphatic carbocycles. The predicted octanol–water partition coefficient (Wildman–Crippen LogP) is 4.50. The molecule has 0 fully saturated rings. The average Bonchev–Trinajstić information content (AvgIpc) is 3.25. The third kappa shape index (κ3) is 4.27. The highest BCUT2D eigenvalue weighted by Gasteiger charge is 2.13. The number of fused-ring (bicyclic) bond motifs is 1. The molecular formula is C18H13ClN4O2S3. The van der Waals surface area contributed by atoms with E-state index in [-0.39, 0.29) is 17.3 Å².